The van der Waals surface area contributed by atoms with Crippen LogP contribution < -0.4 is 0 Å². The van der Waals surface area contributed by atoms with Crippen molar-refractivity contribution in [1.82, 2.24) is 0 Å². The lowest BCUT2D eigenvalue weighted by Crippen LogP contribution is -2.50. The molecule has 136 valence electrons. The first-order valence-corrected chi connectivity index (χ1v) is 8.27. The summed E-state index contributed by atoms with van der Waals surface area (Å²) in [5, 5.41) is 11.1. The third-order valence-electron chi connectivity index (χ3n) is 4.25. The number of hydrogen-bond donors (Lipinski definition) is 1. The van der Waals surface area contributed by atoms with Crippen molar-refractivity contribution >= 4 is 17.6 Å². The van der Waals surface area contributed by atoms with Gasteiger partial charge in [0.2, 0.25) is 0 Å². The van der Waals surface area contributed by atoms with E-state index in [9.17, 15) is 9.90 Å². The standard InChI is InChI=1S/C19H23ClO5/c1-18(2,24-4)25-19(13-8-10-14(20)11-9-13)12-6-5-7-15(19)16(21)17(22)23-3/h5-12,15-16,21H,1-4H3. The molecule has 1 aliphatic carbocycles. The topological polar surface area (TPSA) is 65.0 Å². The van der Waals surface area contributed by atoms with Gasteiger partial charge in [-0.3, -0.25) is 0 Å². The highest BCUT2D eigenvalue weighted by Gasteiger charge is 2.48. The van der Waals surface area contributed by atoms with Gasteiger partial charge in [-0.25, -0.2) is 4.79 Å². The first kappa shape index (κ1) is 19.7. The van der Waals surface area contributed by atoms with E-state index in [4.69, 9.17) is 25.8 Å². The molecule has 0 fully saturated rings. The van der Waals surface area contributed by atoms with E-state index in [1.54, 1.807) is 62.4 Å². The highest BCUT2D eigenvalue weighted by Crippen LogP contribution is 2.44. The number of benzene rings is 1. The van der Waals surface area contributed by atoms with E-state index < -0.39 is 29.4 Å². The van der Waals surface area contributed by atoms with Crippen molar-refractivity contribution in [2.75, 3.05) is 14.2 Å². The molecule has 2 rings (SSSR count). The largest absolute Gasteiger partial charge is 0.467 e. The zero-order valence-electron chi connectivity index (χ0n) is 14.7. The van der Waals surface area contributed by atoms with Gasteiger partial charge in [0.05, 0.1) is 13.0 Å². The average Bonchev–Trinajstić information content (AvgIpc) is 2.61. The van der Waals surface area contributed by atoms with Crippen molar-refractivity contribution in [1.29, 1.82) is 0 Å². The summed E-state index contributed by atoms with van der Waals surface area (Å²) in [4.78, 5) is 12.0. The number of rotatable bonds is 6. The molecule has 0 aliphatic heterocycles. The molecule has 0 spiro atoms. The number of methoxy groups -OCH3 is 2. The Balaban J connectivity index is 2.59. The fraction of sp³-hybridized carbons (Fsp3) is 0.421. The summed E-state index contributed by atoms with van der Waals surface area (Å²) in [5.41, 5.74) is -0.400. The number of carbonyl (C=O) groups excluding carboxylic acids is 1. The Morgan fingerprint density at radius 3 is 2.44 bits per heavy atom. The van der Waals surface area contributed by atoms with Crippen LogP contribution in [0.25, 0.3) is 0 Å². The first-order valence-electron chi connectivity index (χ1n) is 7.89. The summed E-state index contributed by atoms with van der Waals surface area (Å²) in [6.07, 6.45) is 5.68. The van der Waals surface area contributed by atoms with Crippen LogP contribution in [-0.4, -0.2) is 37.2 Å². The summed E-state index contributed by atoms with van der Waals surface area (Å²) in [6.45, 7) is 3.52. The molecule has 0 heterocycles. The Morgan fingerprint density at radius 1 is 1.24 bits per heavy atom. The average molecular weight is 367 g/mol. The molecular weight excluding hydrogens is 344 g/mol. The maximum Gasteiger partial charge on any atom is 0.335 e. The highest BCUT2D eigenvalue weighted by atomic mass is 35.5. The molecule has 5 nitrogen and oxygen atoms in total. The number of aliphatic hydroxyl groups is 1. The Hall–Kier alpha value is -1.66. The molecule has 1 aliphatic rings. The predicted molar refractivity (Wildman–Crippen MR) is 95.1 cm³/mol. The van der Waals surface area contributed by atoms with Crippen LogP contribution in [0.2, 0.25) is 5.02 Å². The predicted octanol–water partition coefficient (Wildman–Crippen LogP) is 3.21. The lowest BCUT2D eigenvalue weighted by molar-refractivity contribution is -0.266. The summed E-state index contributed by atoms with van der Waals surface area (Å²) < 4.78 is 16.4. The molecule has 25 heavy (non-hydrogen) atoms. The first-order chi connectivity index (χ1) is 11.8. The van der Waals surface area contributed by atoms with E-state index in [2.05, 4.69) is 0 Å². The molecule has 0 amide bonds. The van der Waals surface area contributed by atoms with Crippen molar-refractivity contribution in [2.45, 2.75) is 31.3 Å². The van der Waals surface area contributed by atoms with Crippen LogP contribution in [0.4, 0.5) is 0 Å². The quantitative estimate of drug-likeness (QED) is 0.618. The smallest absolute Gasteiger partial charge is 0.335 e. The Labute approximate surface area is 152 Å². The van der Waals surface area contributed by atoms with Crippen molar-refractivity contribution in [2.24, 2.45) is 5.92 Å². The second-order valence-electron chi connectivity index (χ2n) is 6.24. The van der Waals surface area contributed by atoms with Gasteiger partial charge in [-0.1, -0.05) is 42.0 Å². The molecule has 0 radical (unpaired) electrons. The minimum absolute atomic E-state index is 0.574. The highest BCUT2D eigenvalue weighted by molar-refractivity contribution is 6.30. The van der Waals surface area contributed by atoms with Crippen molar-refractivity contribution in [3.8, 4) is 0 Å². The number of esters is 1. The molecular formula is C19H23ClO5. The van der Waals surface area contributed by atoms with Gasteiger partial charge >= 0.3 is 5.97 Å². The minimum Gasteiger partial charge on any atom is -0.467 e. The van der Waals surface area contributed by atoms with Gasteiger partial charge < -0.3 is 19.3 Å². The Kier molecular flexibility index (Phi) is 6.06. The third-order valence-corrected chi connectivity index (χ3v) is 4.51. The second kappa shape index (κ2) is 7.70. The lowest BCUT2D eigenvalue weighted by Gasteiger charge is -2.44. The maximum atomic E-state index is 12.0. The zero-order chi connectivity index (χ0) is 18.7. The third kappa shape index (κ3) is 4.12. The summed E-state index contributed by atoms with van der Waals surface area (Å²) >= 11 is 6.01. The monoisotopic (exact) mass is 366 g/mol. The van der Waals surface area contributed by atoms with Crippen LogP contribution in [-0.2, 0) is 24.6 Å². The molecule has 0 aromatic heterocycles. The molecule has 1 aromatic carbocycles. The molecule has 1 aromatic rings. The van der Waals surface area contributed by atoms with Gasteiger partial charge in [-0.15, -0.1) is 0 Å². The molecule has 0 saturated carbocycles. The molecule has 0 bridgehead atoms. The van der Waals surface area contributed by atoms with Crippen molar-refractivity contribution in [3.63, 3.8) is 0 Å². The van der Waals surface area contributed by atoms with Crippen molar-refractivity contribution in [3.05, 3.63) is 59.2 Å². The minimum atomic E-state index is -1.41. The van der Waals surface area contributed by atoms with Gasteiger partial charge in [0, 0.05) is 12.1 Å². The zero-order valence-corrected chi connectivity index (χ0v) is 15.5. The molecule has 3 atom stereocenters. The second-order valence-corrected chi connectivity index (χ2v) is 6.68. The molecule has 3 unspecified atom stereocenters. The lowest BCUT2D eigenvalue weighted by atomic mass is 9.75. The van der Waals surface area contributed by atoms with Gasteiger partial charge in [0.15, 0.2) is 11.9 Å². The number of hydrogen-bond acceptors (Lipinski definition) is 5. The fourth-order valence-corrected chi connectivity index (χ4v) is 2.98. The van der Waals surface area contributed by atoms with Gasteiger partial charge in [0.25, 0.3) is 0 Å². The van der Waals surface area contributed by atoms with Crippen LogP contribution in [0, 0.1) is 5.92 Å². The number of carbonyl (C=O) groups is 1. The normalized spacial score (nSPS) is 24.2. The van der Waals surface area contributed by atoms with Crippen LogP contribution >= 0.6 is 11.6 Å². The number of allylic oxidation sites excluding steroid dienone is 2. The maximum absolute atomic E-state index is 12.0. The van der Waals surface area contributed by atoms with Crippen LogP contribution in [0.15, 0.2) is 48.6 Å². The van der Waals surface area contributed by atoms with Crippen LogP contribution in [0.5, 0.6) is 0 Å². The Morgan fingerprint density at radius 2 is 1.88 bits per heavy atom. The van der Waals surface area contributed by atoms with Crippen LogP contribution in [0.1, 0.15) is 19.4 Å². The SMILES string of the molecule is COC(=O)C(O)C1C=CC=CC1(OC(C)(C)OC)c1ccc(Cl)cc1. The van der Waals surface area contributed by atoms with Gasteiger partial charge in [-0.05, 0) is 37.6 Å². The molecule has 1 N–H and O–H groups in total. The van der Waals surface area contributed by atoms with E-state index in [1.165, 1.54) is 14.2 Å². The van der Waals surface area contributed by atoms with E-state index >= 15 is 0 Å². The molecule has 6 heteroatoms. The van der Waals surface area contributed by atoms with E-state index in [-0.39, 0.29) is 0 Å². The number of aliphatic hydroxyl groups excluding tert-OH is 1. The summed E-state index contributed by atoms with van der Waals surface area (Å²) in [5.74, 6) is -2.41. The number of ether oxygens (including phenoxy) is 3. The fourth-order valence-electron chi connectivity index (χ4n) is 2.85. The van der Waals surface area contributed by atoms with E-state index in [1.807, 2.05) is 0 Å². The summed E-state index contributed by atoms with van der Waals surface area (Å²) in [7, 11) is 2.77. The van der Waals surface area contributed by atoms with Crippen LogP contribution in [0.3, 0.4) is 0 Å². The Bertz CT molecular complexity index is 665. The summed E-state index contributed by atoms with van der Waals surface area (Å²) in [6, 6.07) is 7.06. The molecule has 0 saturated heterocycles. The van der Waals surface area contributed by atoms with Crippen molar-refractivity contribution < 1.29 is 24.1 Å². The van der Waals surface area contributed by atoms with Gasteiger partial charge in [0.1, 0.15) is 5.60 Å². The van der Waals surface area contributed by atoms with E-state index in [0.717, 1.165) is 5.56 Å². The van der Waals surface area contributed by atoms with Gasteiger partial charge in [-0.2, -0.15) is 0 Å². The number of halogens is 1. The van der Waals surface area contributed by atoms with E-state index in [0.29, 0.717) is 5.02 Å².